The van der Waals surface area contributed by atoms with Gasteiger partial charge in [-0.2, -0.15) is 0 Å². The first kappa shape index (κ1) is 13.3. The lowest BCUT2D eigenvalue weighted by Crippen LogP contribution is -1.97. The second-order valence-corrected chi connectivity index (χ2v) is 7.75. The molecule has 0 nitrogen and oxygen atoms in total. The highest BCUT2D eigenvalue weighted by Crippen LogP contribution is 2.10. The summed E-state index contributed by atoms with van der Waals surface area (Å²) >= 11 is -0.254. The van der Waals surface area contributed by atoms with E-state index in [-0.39, 0.29) is 14.1 Å². The fourth-order valence-corrected chi connectivity index (χ4v) is 2.65. The van der Waals surface area contributed by atoms with Crippen molar-refractivity contribution in [3.05, 3.63) is 12.7 Å². The monoisotopic (exact) mass is 196 g/mol. The van der Waals surface area contributed by atoms with E-state index in [0.29, 0.717) is 0 Å². The number of hydrogen-bond donors (Lipinski definition) is 0. The molecule has 0 aromatic heterocycles. The quantitative estimate of drug-likeness (QED) is 0.286. The Morgan fingerprint density at radius 1 is 0.923 bits per heavy atom. The second-order valence-electron chi connectivity index (χ2n) is 4.38. The molecule has 0 amide bonds. The third-order valence-electron chi connectivity index (χ3n) is 2.44. The average Bonchev–Trinajstić information content (AvgIpc) is 2.09. The normalized spacial score (nSPS) is 10.0. The van der Waals surface area contributed by atoms with Crippen LogP contribution in [0, 0.1) is 0 Å². The molecule has 0 aromatic rings. The van der Waals surface area contributed by atoms with Crippen molar-refractivity contribution in [2.24, 2.45) is 0 Å². The maximum atomic E-state index is 3.73. The second kappa shape index (κ2) is 10.4. The Labute approximate surface area is 88.8 Å². The highest BCUT2D eigenvalue weighted by atomic mass is 27.2. The first-order valence-electron chi connectivity index (χ1n) is 5.88. The van der Waals surface area contributed by atoms with Crippen LogP contribution in [0.2, 0.25) is 16.9 Å². The summed E-state index contributed by atoms with van der Waals surface area (Å²) in [7, 11) is 0. The van der Waals surface area contributed by atoms with Crippen LogP contribution in [-0.2, 0) is 0 Å². The smallest absolute Gasteiger partial charge is 0.106 e. The van der Waals surface area contributed by atoms with Crippen LogP contribution in [0.15, 0.2) is 12.7 Å². The van der Waals surface area contributed by atoms with E-state index in [0.717, 1.165) is 0 Å². The van der Waals surface area contributed by atoms with Gasteiger partial charge in [0.15, 0.2) is 0 Å². The van der Waals surface area contributed by atoms with Gasteiger partial charge in [-0.25, -0.2) is 0 Å². The van der Waals surface area contributed by atoms with E-state index in [2.05, 4.69) is 18.2 Å². The number of rotatable bonds is 9. The molecule has 0 aliphatic heterocycles. The first-order valence-corrected chi connectivity index (χ1v) is 9.01. The Bertz CT molecular complexity index is 108. The minimum absolute atomic E-state index is 0.254. The molecule has 0 rings (SSSR count). The van der Waals surface area contributed by atoms with Gasteiger partial charge in [-0.1, -0.05) is 43.5 Å². The van der Waals surface area contributed by atoms with Crippen molar-refractivity contribution < 1.29 is 0 Å². The summed E-state index contributed by atoms with van der Waals surface area (Å²) < 4.78 is 0. The van der Waals surface area contributed by atoms with Gasteiger partial charge in [0.1, 0.15) is 0 Å². The SMILES string of the molecule is C=CCCCCCCC[CH2][Al]([CH3])[CH3]. The number of allylic oxidation sites excluding steroid dienone is 1. The third-order valence-corrected chi connectivity index (χ3v) is 4.00. The number of hydrogen-bond acceptors (Lipinski definition) is 0. The van der Waals surface area contributed by atoms with Crippen molar-refractivity contribution in [2.75, 3.05) is 0 Å². The third kappa shape index (κ3) is 12.3. The molecule has 0 aliphatic rings. The lowest BCUT2D eigenvalue weighted by atomic mass is 10.1. The number of unbranched alkanes of at least 4 members (excludes halogenated alkanes) is 6. The molecule has 0 aromatic carbocycles. The largest absolute Gasteiger partial charge is 0.255 e. The molecule has 0 fully saturated rings. The fraction of sp³-hybridized carbons (Fsp3) is 0.833. The first-order chi connectivity index (χ1) is 6.27. The summed E-state index contributed by atoms with van der Waals surface area (Å²) in [4.78, 5) is 0. The minimum atomic E-state index is -0.254. The van der Waals surface area contributed by atoms with E-state index in [1.54, 1.807) is 5.28 Å². The van der Waals surface area contributed by atoms with E-state index in [1.807, 2.05) is 6.08 Å². The van der Waals surface area contributed by atoms with Crippen LogP contribution in [0.1, 0.15) is 44.9 Å². The molecule has 0 spiro atoms. The topological polar surface area (TPSA) is 0 Å². The molecule has 0 saturated heterocycles. The predicted molar refractivity (Wildman–Crippen MR) is 64.8 cm³/mol. The summed E-state index contributed by atoms with van der Waals surface area (Å²) in [6, 6.07) is 0. The van der Waals surface area contributed by atoms with Gasteiger partial charge in [-0.3, -0.25) is 0 Å². The molecule has 0 bridgehead atoms. The molecule has 76 valence electrons. The van der Waals surface area contributed by atoms with E-state index >= 15 is 0 Å². The van der Waals surface area contributed by atoms with Gasteiger partial charge in [0.2, 0.25) is 0 Å². The van der Waals surface area contributed by atoms with Crippen LogP contribution in [0.3, 0.4) is 0 Å². The molecule has 13 heavy (non-hydrogen) atoms. The Balaban J connectivity index is 2.87. The van der Waals surface area contributed by atoms with Crippen LogP contribution in [0.4, 0.5) is 0 Å². The molecule has 0 saturated carbocycles. The summed E-state index contributed by atoms with van der Waals surface area (Å²) in [5.41, 5.74) is 0. The van der Waals surface area contributed by atoms with Gasteiger partial charge < -0.3 is 0 Å². The molecule has 0 aliphatic carbocycles. The van der Waals surface area contributed by atoms with Crippen molar-refractivity contribution in [2.45, 2.75) is 61.8 Å². The molecule has 1 heteroatoms. The van der Waals surface area contributed by atoms with Crippen molar-refractivity contribution in [3.8, 4) is 0 Å². The zero-order chi connectivity index (χ0) is 9.94. The highest BCUT2D eigenvalue weighted by molar-refractivity contribution is 6.55. The summed E-state index contributed by atoms with van der Waals surface area (Å²) in [5, 5.41) is 1.55. The lowest BCUT2D eigenvalue weighted by Gasteiger charge is -2.01. The molecular formula is C12H25Al. The van der Waals surface area contributed by atoms with Crippen LogP contribution in [-0.4, -0.2) is 14.1 Å². The zero-order valence-electron chi connectivity index (χ0n) is 9.52. The van der Waals surface area contributed by atoms with E-state index in [9.17, 15) is 0 Å². The molecule has 0 radical (unpaired) electrons. The van der Waals surface area contributed by atoms with Crippen LogP contribution in [0.25, 0.3) is 0 Å². The molecular weight excluding hydrogens is 171 g/mol. The maximum absolute atomic E-state index is 3.73. The van der Waals surface area contributed by atoms with Crippen molar-refractivity contribution >= 4 is 14.1 Å². The van der Waals surface area contributed by atoms with E-state index < -0.39 is 0 Å². The minimum Gasteiger partial charge on any atom is -0.106 e. The predicted octanol–water partition coefficient (Wildman–Crippen LogP) is 4.66. The molecule has 0 atom stereocenters. The van der Waals surface area contributed by atoms with Gasteiger partial charge in [-0.05, 0) is 12.8 Å². The zero-order valence-corrected chi connectivity index (χ0v) is 10.7. The van der Waals surface area contributed by atoms with Crippen molar-refractivity contribution in [1.29, 1.82) is 0 Å². The van der Waals surface area contributed by atoms with Crippen molar-refractivity contribution in [1.82, 2.24) is 0 Å². The van der Waals surface area contributed by atoms with Crippen LogP contribution in [0.5, 0.6) is 0 Å². The van der Waals surface area contributed by atoms with Crippen LogP contribution < -0.4 is 0 Å². The Hall–Kier alpha value is 0.272. The van der Waals surface area contributed by atoms with E-state index in [1.165, 1.54) is 44.9 Å². The molecule has 0 unspecified atom stereocenters. The lowest BCUT2D eigenvalue weighted by molar-refractivity contribution is 0.610. The van der Waals surface area contributed by atoms with E-state index in [4.69, 9.17) is 0 Å². The molecule has 0 heterocycles. The van der Waals surface area contributed by atoms with Gasteiger partial charge in [0.25, 0.3) is 14.1 Å². The van der Waals surface area contributed by atoms with Gasteiger partial charge in [0.05, 0.1) is 0 Å². The standard InChI is InChI=1S/C10H19.2CH3.Al/c1-3-5-7-9-10-8-6-4-2;;;/h3H,1-2,4-10H2;2*1H3;. The van der Waals surface area contributed by atoms with Gasteiger partial charge >= 0.3 is 0 Å². The van der Waals surface area contributed by atoms with Crippen molar-refractivity contribution in [3.63, 3.8) is 0 Å². The highest BCUT2D eigenvalue weighted by Gasteiger charge is 1.99. The Morgan fingerprint density at radius 3 is 2.00 bits per heavy atom. The van der Waals surface area contributed by atoms with Crippen LogP contribution >= 0.6 is 0 Å². The summed E-state index contributed by atoms with van der Waals surface area (Å²) in [5.74, 6) is 4.90. The van der Waals surface area contributed by atoms with Gasteiger partial charge in [-0.15, -0.1) is 18.2 Å². The average molecular weight is 196 g/mol. The van der Waals surface area contributed by atoms with Gasteiger partial charge in [0, 0.05) is 0 Å². The maximum Gasteiger partial charge on any atom is 0.255 e. The fourth-order valence-electron chi connectivity index (χ4n) is 1.55. The Morgan fingerprint density at radius 2 is 1.46 bits per heavy atom. The summed E-state index contributed by atoms with van der Waals surface area (Å²) in [6.07, 6.45) is 11.9. The molecule has 0 N–H and O–H groups in total. The summed E-state index contributed by atoms with van der Waals surface area (Å²) in [6.45, 7) is 3.73. The Kier molecular flexibility index (Phi) is 10.6.